The molecule has 0 amide bonds. The summed E-state index contributed by atoms with van der Waals surface area (Å²) in [5.74, 6) is 3.03. The Hall–Kier alpha value is -3.21. The van der Waals surface area contributed by atoms with Gasteiger partial charge in [0.15, 0.2) is 0 Å². The zero-order valence-electron chi connectivity index (χ0n) is 15.8. The molecule has 0 aliphatic carbocycles. The number of hydrogen-bond acceptors (Lipinski definition) is 5. The molecule has 3 rings (SSSR count). The van der Waals surface area contributed by atoms with Gasteiger partial charge >= 0.3 is 0 Å². The highest BCUT2D eigenvalue weighted by Gasteiger charge is 2.20. The number of benzene rings is 2. The minimum Gasteiger partial charge on any atom is -0.497 e. The number of hydrogen-bond donors (Lipinski definition) is 0. The Morgan fingerprint density at radius 2 is 1.74 bits per heavy atom. The molecule has 2 aromatic rings. The van der Waals surface area contributed by atoms with Gasteiger partial charge in [-0.2, -0.15) is 0 Å². The van der Waals surface area contributed by atoms with Crippen LogP contribution in [-0.4, -0.2) is 34.2 Å². The van der Waals surface area contributed by atoms with Crippen LogP contribution < -0.4 is 14.2 Å². The largest absolute Gasteiger partial charge is 0.497 e. The van der Waals surface area contributed by atoms with Gasteiger partial charge in [-0.25, -0.2) is 0 Å². The summed E-state index contributed by atoms with van der Waals surface area (Å²) in [6, 6.07) is 11.6. The molecule has 0 fully saturated rings. The summed E-state index contributed by atoms with van der Waals surface area (Å²) < 4.78 is 22.2. The van der Waals surface area contributed by atoms with E-state index in [1.807, 2.05) is 42.6 Å². The van der Waals surface area contributed by atoms with Gasteiger partial charge < -0.3 is 18.9 Å². The van der Waals surface area contributed by atoms with E-state index in [-0.39, 0.29) is 0 Å². The van der Waals surface area contributed by atoms with Crippen molar-refractivity contribution in [2.45, 2.75) is 6.42 Å². The van der Waals surface area contributed by atoms with E-state index in [1.165, 1.54) is 0 Å². The van der Waals surface area contributed by atoms with Crippen molar-refractivity contribution >= 4 is 17.5 Å². The molecule has 140 valence electrons. The Morgan fingerprint density at radius 1 is 1.00 bits per heavy atom. The second-order valence-corrected chi connectivity index (χ2v) is 5.93. The lowest BCUT2D eigenvalue weighted by Crippen LogP contribution is -2.03. The number of fused-ring (bicyclic) bond motifs is 1. The van der Waals surface area contributed by atoms with E-state index in [0.717, 1.165) is 39.6 Å². The molecule has 5 heteroatoms. The monoisotopic (exact) mass is 365 g/mol. The number of nitrogens with zero attached hydrogens (tertiary/aromatic N) is 1. The fourth-order valence-electron chi connectivity index (χ4n) is 2.96. The lowest BCUT2D eigenvalue weighted by Gasteiger charge is -2.15. The second kappa shape index (κ2) is 8.45. The van der Waals surface area contributed by atoms with Crippen LogP contribution in [0.5, 0.6) is 17.2 Å². The molecule has 0 N–H and O–H groups in total. The standard InChI is InChI=1S/C22H23NO4/c1-5-10-27-22-13-18-20(11-17(25-3)12-21(18)26-4)23-14-19(22)15-6-8-16(24-2)9-7-15/h5-9,11-12,14H,1,10,13H2,2-4H3. The SMILES string of the molecule is C=CCOC1=C(c2ccc(OC)cc2)C=Nc2cc(OC)cc(OC)c2C1. The summed E-state index contributed by atoms with van der Waals surface area (Å²) in [5.41, 5.74) is 3.67. The first-order valence-electron chi connectivity index (χ1n) is 8.60. The molecular weight excluding hydrogens is 342 g/mol. The first-order chi connectivity index (χ1) is 13.2. The van der Waals surface area contributed by atoms with E-state index in [2.05, 4.69) is 11.6 Å². The molecule has 1 aliphatic rings. The zero-order chi connectivity index (χ0) is 19.2. The molecule has 0 bridgehead atoms. The van der Waals surface area contributed by atoms with Crippen molar-refractivity contribution in [2.75, 3.05) is 27.9 Å². The Morgan fingerprint density at radius 3 is 2.37 bits per heavy atom. The van der Waals surface area contributed by atoms with E-state index in [1.54, 1.807) is 27.4 Å². The number of methoxy groups -OCH3 is 3. The van der Waals surface area contributed by atoms with E-state index >= 15 is 0 Å². The third kappa shape index (κ3) is 3.97. The van der Waals surface area contributed by atoms with Crippen LogP contribution in [0.2, 0.25) is 0 Å². The summed E-state index contributed by atoms with van der Waals surface area (Å²) in [5, 5.41) is 0. The quantitative estimate of drug-likeness (QED) is 0.674. The Bertz CT molecular complexity index is 882. The van der Waals surface area contributed by atoms with Crippen molar-refractivity contribution < 1.29 is 18.9 Å². The zero-order valence-corrected chi connectivity index (χ0v) is 15.8. The van der Waals surface area contributed by atoms with E-state index in [4.69, 9.17) is 18.9 Å². The van der Waals surface area contributed by atoms with Crippen LogP contribution in [0.15, 0.2) is 59.8 Å². The fourth-order valence-corrected chi connectivity index (χ4v) is 2.96. The van der Waals surface area contributed by atoms with Crippen LogP contribution in [0.4, 0.5) is 5.69 Å². The molecular formula is C22H23NO4. The van der Waals surface area contributed by atoms with Crippen LogP contribution in [0, 0.1) is 0 Å². The predicted octanol–water partition coefficient (Wildman–Crippen LogP) is 4.58. The highest BCUT2D eigenvalue weighted by atomic mass is 16.5. The Kier molecular flexibility index (Phi) is 5.81. The lowest BCUT2D eigenvalue weighted by molar-refractivity contribution is 0.243. The minimum absolute atomic E-state index is 0.413. The molecule has 0 radical (unpaired) electrons. The number of rotatable bonds is 7. The molecule has 0 saturated heterocycles. The molecule has 0 atom stereocenters. The summed E-state index contributed by atoms with van der Waals surface area (Å²) in [6.07, 6.45) is 4.11. The molecule has 0 saturated carbocycles. The third-order valence-electron chi connectivity index (χ3n) is 4.36. The molecule has 0 unspecified atom stereocenters. The topological polar surface area (TPSA) is 49.3 Å². The van der Waals surface area contributed by atoms with E-state index in [0.29, 0.717) is 18.8 Å². The minimum atomic E-state index is 0.413. The summed E-state index contributed by atoms with van der Waals surface area (Å²) >= 11 is 0. The van der Waals surface area contributed by atoms with Crippen molar-refractivity contribution in [1.29, 1.82) is 0 Å². The third-order valence-corrected chi connectivity index (χ3v) is 4.36. The summed E-state index contributed by atoms with van der Waals surface area (Å²) in [4.78, 5) is 4.68. The van der Waals surface area contributed by atoms with Crippen LogP contribution in [0.3, 0.4) is 0 Å². The van der Waals surface area contributed by atoms with Gasteiger partial charge in [-0.3, -0.25) is 4.99 Å². The highest BCUT2D eigenvalue weighted by molar-refractivity contribution is 6.12. The number of ether oxygens (including phenoxy) is 4. The van der Waals surface area contributed by atoms with Gasteiger partial charge in [0.1, 0.15) is 29.6 Å². The number of aliphatic imine (C=N–C) groups is 1. The summed E-state index contributed by atoms with van der Waals surface area (Å²) in [7, 11) is 4.92. The van der Waals surface area contributed by atoms with Crippen LogP contribution in [0.1, 0.15) is 11.1 Å². The predicted molar refractivity (Wildman–Crippen MR) is 107 cm³/mol. The van der Waals surface area contributed by atoms with Crippen molar-refractivity contribution in [3.8, 4) is 17.2 Å². The molecule has 2 aromatic carbocycles. The maximum Gasteiger partial charge on any atom is 0.128 e. The molecule has 5 nitrogen and oxygen atoms in total. The Labute approximate surface area is 159 Å². The molecule has 1 aliphatic heterocycles. The van der Waals surface area contributed by atoms with Crippen LogP contribution in [-0.2, 0) is 11.2 Å². The van der Waals surface area contributed by atoms with Gasteiger partial charge in [0.05, 0.1) is 27.0 Å². The first kappa shape index (κ1) is 18.6. The molecule has 1 heterocycles. The first-order valence-corrected chi connectivity index (χ1v) is 8.60. The molecule has 0 spiro atoms. The normalized spacial score (nSPS) is 12.9. The van der Waals surface area contributed by atoms with Crippen molar-refractivity contribution in [3.63, 3.8) is 0 Å². The average molecular weight is 365 g/mol. The van der Waals surface area contributed by atoms with Crippen molar-refractivity contribution in [1.82, 2.24) is 0 Å². The van der Waals surface area contributed by atoms with Crippen LogP contribution in [0.25, 0.3) is 5.57 Å². The van der Waals surface area contributed by atoms with Crippen molar-refractivity contribution in [2.24, 2.45) is 4.99 Å². The Balaban J connectivity index is 2.10. The number of allylic oxidation sites excluding steroid dienone is 2. The van der Waals surface area contributed by atoms with Gasteiger partial charge in [-0.15, -0.1) is 0 Å². The lowest BCUT2D eigenvalue weighted by atomic mass is 10.0. The van der Waals surface area contributed by atoms with Gasteiger partial charge in [-0.05, 0) is 17.7 Å². The fraction of sp³-hybridized carbons (Fsp3) is 0.227. The summed E-state index contributed by atoms with van der Waals surface area (Å²) in [6.45, 7) is 4.16. The smallest absolute Gasteiger partial charge is 0.128 e. The van der Waals surface area contributed by atoms with Crippen LogP contribution >= 0.6 is 0 Å². The second-order valence-electron chi connectivity index (χ2n) is 5.93. The van der Waals surface area contributed by atoms with Gasteiger partial charge in [-0.1, -0.05) is 24.8 Å². The highest BCUT2D eigenvalue weighted by Crippen LogP contribution is 2.39. The average Bonchev–Trinajstić information content (AvgIpc) is 2.90. The van der Waals surface area contributed by atoms with Gasteiger partial charge in [0, 0.05) is 35.9 Å². The molecule has 27 heavy (non-hydrogen) atoms. The van der Waals surface area contributed by atoms with Gasteiger partial charge in [0.2, 0.25) is 0 Å². The molecule has 0 aromatic heterocycles. The van der Waals surface area contributed by atoms with E-state index < -0.39 is 0 Å². The van der Waals surface area contributed by atoms with E-state index in [9.17, 15) is 0 Å². The maximum absolute atomic E-state index is 6.00. The van der Waals surface area contributed by atoms with Crippen molar-refractivity contribution in [3.05, 3.63) is 65.9 Å². The maximum atomic E-state index is 6.00. The van der Waals surface area contributed by atoms with Gasteiger partial charge in [0.25, 0.3) is 0 Å².